The van der Waals surface area contributed by atoms with Crippen LogP contribution in [-0.4, -0.2) is 12.6 Å². The minimum Gasteiger partial charge on any atom is -0.466 e. The minimum absolute atomic E-state index is 0.0184. The van der Waals surface area contributed by atoms with Gasteiger partial charge in [0.1, 0.15) is 0 Å². The largest absolute Gasteiger partial charge is 0.466 e. The van der Waals surface area contributed by atoms with E-state index in [1.54, 1.807) is 0 Å². The van der Waals surface area contributed by atoms with E-state index in [1.807, 2.05) is 0 Å². The van der Waals surface area contributed by atoms with Gasteiger partial charge < -0.3 is 4.74 Å². The van der Waals surface area contributed by atoms with Gasteiger partial charge in [-0.15, -0.1) is 0 Å². The Kier molecular flexibility index (Phi) is 38.7. The third kappa shape index (κ3) is 41.2. The van der Waals surface area contributed by atoms with Gasteiger partial charge in [-0.1, -0.05) is 213 Å². The number of allylic oxidation sites excluding steroid dienone is 2. The number of hydrogen-bond acceptors (Lipinski definition) is 2. The van der Waals surface area contributed by atoms with Crippen molar-refractivity contribution in [3.63, 3.8) is 0 Å². The molecule has 45 heavy (non-hydrogen) atoms. The lowest BCUT2D eigenvalue weighted by Crippen LogP contribution is -2.05. The topological polar surface area (TPSA) is 26.3 Å². The monoisotopic (exact) mass is 633 g/mol. The van der Waals surface area contributed by atoms with Crippen molar-refractivity contribution in [1.29, 1.82) is 0 Å². The lowest BCUT2D eigenvalue weighted by atomic mass is 10.0. The number of esters is 1. The highest BCUT2D eigenvalue weighted by atomic mass is 16.5. The molecule has 268 valence electrons. The highest BCUT2D eigenvalue weighted by molar-refractivity contribution is 5.69. The Morgan fingerprint density at radius 1 is 0.444 bits per heavy atom. The van der Waals surface area contributed by atoms with E-state index >= 15 is 0 Å². The zero-order chi connectivity index (χ0) is 32.7. The Hall–Kier alpha value is -0.790. The van der Waals surface area contributed by atoms with Crippen LogP contribution in [0.2, 0.25) is 0 Å². The highest BCUT2D eigenvalue weighted by Crippen LogP contribution is 2.16. The number of ether oxygens (including phenoxy) is 1. The summed E-state index contributed by atoms with van der Waals surface area (Å²) in [5.74, 6) is 0.903. The maximum Gasteiger partial charge on any atom is 0.305 e. The molecule has 0 aromatic carbocycles. The highest BCUT2D eigenvalue weighted by Gasteiger charge is 2.03. The van der Waals surface area contributed by atoms with E-state index in [1.165, 1.54) is 199 Å². The summed E-state index contributed by atoms with van der Waals surface area (Å²) in [6.07, 6.45) is 51.6. The molecule has 0 heterocycles. The Labute approximate surface area is 285 Å². The number of hydrogen-bond donors (Lipinski definition) is 0. The van der Waals surface area contributed by atoms with Gasteiger partial charge in [0, 0.05) is 6.42 Å². The van der Waals surface area contributed by atoms with E-state index in [-0.39, 0.29) is 5.97 Å². The number of carbonyl (C=O) groups is 1. The summed E-state index contributed by atoms with van der Waals surface area (Å²) in [5, 5.41) is 0. The van der Waals surface area contributed by atoms with Crippen LogP contribution in [0.3, 0.4) is 0 Å². The van der Waals surface area contributed by atoms with Crippen LogP contribution < -0.4 is 0 Å². The fourth-order valence-corrected chi connectivity index (χ4v) is 6.43. The molecule has 0 aromatic heterocycles. The molecule has 0 aliphatic rings. The van der Waals surface area contributed by atoms with Crippen molar-refractivity contribution in [3.8, 4) is 0 Å². The molecule has 0 atom stereocenters. The van der Waals surface area contributed by atoms with Crippen molar-refractivity contribution in [2.45, 2.75) is 245 Å². The quantitative estimate of drug-likeness (QED) is 0.0384. The van der Waals surface area contributed by atoms with Crippen molar-refractivity contribution in [1.82, 2.24) is 0 Å². The van der Waals surface area contributed by atoms with E-state index in [0.717, 1.165) is 25.2 Å². The second kappa shape index (κ2) is 39.4. The average Bonchev–Trinajstić information content (AvgIpc) is 3.03. The summed E-state index contributed by atoms with van der Waals surface area (Å²) in [6, 6.07) is 0. The Bertz CT molecular complexity index is 580. The molecule has 0 unspecified atom stereocenters. The maximum absolute atomic E-state index is 11.9. The van der Waals surface area contributed by atoms with Crippen LogP contribution >= 0.6 is 0 Å². The van der Waals surface area contributed by atoms with E-state index in [2.05, 4.69) is 32.9 Å². The van der Waals surface area contributed by atoms with Gasteiger partial charge in [0.2, 0.25) is 0 Å². The van der Waals surface area contributed by atoms with Gasteiger partial charge in [-0.05, 0) is 44.4 Å². The normalized spacial score (nSPS) is 11.7. The third-order valence-corrected chi connectivity index (χ3v) is 9.58. The third-order valence-electron chi connectivity index (χ3n) is 9.58. The zero-order valence-electron chi connectivity index (χ0n) is 31.5. The molecule has 2 heteroatoms. The molecule has 0 fully saturated rings. The van der Waals surface area contributed by atoms with Gasteiger partial charge in [-0.2, -0.15) is 0 Å². The molecule has 0 aliphatic carbocycles. The van der Waals surface area contributed by atoms with Crippen molar-refractivity contribution < 1.29 is 9.53 Å². The van der Waals surface area contributed by atoms with Crippen molar-refractivity contribution in [2.24, 2.45) is 5.92 Å². The van der Waals surface area contributed by atoms with Crippen LogP contribution in [0, 0.1) is 5.92 Å². The van der Waals surface area contributed by atoms with E-state index in [0.29, 0.717) is 13.0 Å². The zero-order valence-corrected chi connectivity index (χ0v) is 31.5. The number of rotatable bonds is 38. The molecule has 0 N–H and O–H groups in total. The molecule has 0 saturated heterocycles. The summed E-state index contributed by atoms with van der Waals surface area (Å²) >= 11 is 0. The summed E-state index contributed by atoms with van der Waals surface area (Å²) in [4.78, 5) is 11.9. The Morgan fingerprint density at radius 2 is 0.778 bits per heavy atom. The number of carbonyl (C=O) groups excluding carboxylic acids is 1. The van der Waals surface area contributed by atoms with E-state index < -0.39 is 0 Å². The lowest BCUT2D eigenvalue weighted by molar-refractivity contribution is -0.143. The second-order valence-corrected chi connectivity index (χ2v) is 14.8. The first kappa shape index (κ1) is 44.2. The first-order valence-electron chi connectivity index (χ1n) is 21.0. The van der Waals surface area contributed by atoms with Gasteiger partial charge in [0.05, 0.1) is 6.61 Å². The molecule has 0 amide bonds. The van der Waals surface area contributed by atoms with Gasteiger partial charge in [0.25, 0.3) is 0 Å². The van der Waals surface area contributed by atoms with E-state index in [4.69, 9.17) is 4.74 Å². The van der Waals surface area contributed by atoms with E-state index in [9.17, 15) is 4.79 Å². The number of unbranched alkanes of at least 4 members (excludes halogenated alkanes) is 30. The lowest BCUT2D eigenvalue weighted by Gasteiger charge is -2.06. The van der Waals surface area contributed by atoms with Gasteiger partial charge >= 0.3 is 5.97 Å². The molecular formula is C43H84O2. The molecule has 0 bridgehead atoms. The molecule has 0 aromatic rings. The van der Waals surface area contributed by atoms with Crippen molar-refractivity contribution >= 4 is 5.97 Å². The predicted molar refractivity (Wildman–Crippen MR) is 202 cm³/mol. The van der Waals surface area contributed by atoms with Crippen LogP contribution in [0.5, 0.6) is 0 Å². The minimum atomic E-state index is 0.0184. The van der Waals surface area contributed by atoms with Gasteiger partial charge in [0.15, 0.2) is 0 Å². The van der Waals surface area contributed by atoms with Crippen LogP contribution in [0.15, 0.2) is 12.2 Å². The predicted octanol–water partition coefficient (Wildman–Crippen LogP) is 15.4. The fraction of sp³-hybridized carbons (Fsp3) is 0.930. The average molecular weight is 633 g/mol. The van der Waals surface area contributed by atoms with Crippen LogP contribution in [0.25, 0.3) is 0 Å². The molecule has 2 nitrogen and oxygen atoms in total. The summed E-state index contributed by atoms with van der Waals surface area (Å²) < 4.78 is 5.45. The molecule has 0 saturated carbocycles. The molecule has 0 radical (unpaired) electrons. The Morgan fingerprint density at radius 3 is 1.18 bits per heavy atom. The molecule has 0 spiro atoms. The van der Waals surface area contributed by atoms with Gasteiger partial charge in [-0.3, -0.25) is 4.79 Å². The maximum atomic E-state index is 11.9. The van der Waals surface area contributed by atoms with Crippen molar-refractivity contribution in [2.75, 3.05) is 6.61 Å². The first-order chi connectivity index (χ1) is 22.2. The first-order valence-corrected chi connectivity index (χ1v) is 21.0. The van der Waals surface area contributed by atoms with Crippen LogP contribution in [0.4, 0.5) is 0 Å². The summed E-state index contributed by atoms with van der Waals surface area (Å²) in [5.41, 5.74) is 0. The van der Waals surface area contributed by atoms with Crippen molar-refractivity contribution in [3.05, 3.63) is 12.2 Å². The van der Waals surface area contributed by atoms with Crippen LogP contribution in [0.1, 0.15) is 245 Å². The summed E-state index contributed by atoms with van der Waals surface area (Å²) in [6.45, 7) is 7.58. The molecule has 0 rings (SSSR count). The summed E-state index contributed by atoms with van der Waals surface area (Å²) in [7, 11) is 0. The van der Waals surface area contributed by atoms with Gasteiger partial charge in [-0.25, -0.2) is 0 Å². The Balaban J connectivity index is 3.16. The molecular weight excluding hydrogens is 548 g/mol. The van der Waals surface area contributed by atoms with Crippen LogP contribution in [-0.2, 0) is 9.53 Å². The molecule has 0 aliphatic heterocycles. The fourth-order valence-electron chi connectivity index (χ4n) is 6.43. The standard InChI is InChI=1S/C43H84O2/c1-4-5-6-7-8-9-10-21-25-28-31-34-37-40-43(44)45-41-38-35-32-29-26-23-20-18-16-14-12-11-13-15-17-19-22-24-27-30-33-36-39-42(2)3/h9-10,42H,4-8,11-41H2,1-3H3/b10-9-. The second-order valence-electron chi connectivity index (χ2n) is 14.8. The SMILES string of the molecule is CCCCCC/C=C\CCCCCCCC(=O)OCCCCCCCCCCCCCCCCCCCCCCCCC(C)C. The smallest absolute Gasteiger partial charge is 0.305 e.